The summed E-state index contributed by atoms with van der Waals surface area (Å²) in [5.41, 5.74) is 6.70. The minimum atomic E-state index is -4.47. The lowest BCUT2D eigenvalue weighted by Crippen LogP contribution is -2.11. The molecule has 0 saturated carbocycles. The summed E-state index contributed by atoms with van der Waals surface area (Å²) in [4.78, 5) is 14.9. The fourth-order valence-electron chi connectivity index (χ4n) is 3.60. The van der Waals surface area contributed by atoms with Gasteiger partial charge in [0.15, 0.2) is 0 Å². The van der Waals surface area contributed by atoms with Gasteiger partial charge >= 0.3 is 6.18 Å². The van der Waals surface area contributed by atoms with Gasteiger partial charge in [0.25, 0.3) is 0 Å². The number of phenols is 1. The largest absolute Gasteiger partial charge is 0.507 e. The Morgan fingerprint density at radius 3 is 2.43 bits per heavy atom. The summed E-state index contributed by atoms with van der Waals surface area (Å²) in [5.74, 6) is -0.735. The van der Waals surface area contributed by atoms with Gasteiger partial charge in [0.05, 0.1) is 16.5 Å². The first-order valence-electron chi connectivity index (χ1n) is 8.47. The van der Waals surface area contributed by atoms with Crippen LogP contribution in [0.25, 0.3) is 21.8 Å². The molecule has 1 heterocycles. The quantitative estimate of drug-likeness (QED) is 0.477. The van der Waals surface area contributed by atoms with Crippen molar-refractivity contribution in [2.45, 2.75) is 12.6 Å². The number of rotatable bonds is 3. The van der Waals surface area contributed by atoms with Crippen LogP contribution >= 0.6 is 0 Å². The Hall–Kier alpha value is -3.48. The molecular weight excluding hydrogens is 369 g/mol. The molecule has 0 aliphatic heterocycles. The highest BCUT2D eigenvalue weighted by molar-refractivity contribution is 6.19. The third kappa shape index (κ3) is 2.85. The molecule has 0 bridgehead atoms. The number of hydrogen-bond acceptors (Lipinski definition) is 2. The lowest BCUT2D eigenvalue weighted by molar-refractivity contribution is -0.138. The molecule has 4 N–H and O–H groups in total. The number of nitrogens with two attached hydrogens (primary N) is 1. The zero-order chi connectivity index (χ0) is 20.1. The van der Waals surface area contributed by atoms with Crippen LogP contribution in [0.4, 0.5) is 13.2 Å². The fraction of sp³-hybridized carbons (Fsp3) is 0.0952. The second-order valence-electron chi connectivity index (χ2n) is 6.54. The Balaban J connectivity index is 1.96. The molecule has 7 heteroatoms. The van der Waals surface area contributed by atoms with E-state index in [1.165, 1.54) is 18.2 Å². The van der Waals surface area contributed by atoms with E-state index in [1.54, 1.807) is 30.3 Å². The van der Waals surface area contributed by atoms with Gasteiger partial charge in [-0.15, -0.1) is 0 Å². The van der Waals surface area contributed by atoms with Gasteiger partial charge in [0, 0.05) is 22.9 Å². The van der Waals surface area contributed by atoms with Gasteiger partial charge < -0.3 is 15.8 Å². The molecule has 4 nitrogen and oxygen atoms in total. The fourth-order valence-corrected chi connectivity index (χ4v) is 3.60. The van der Waals surface area contributed by atoms with Crippen LogP contribution in [0.2, 0.25) is 0 Å². The first-order chi connectivity index (χ1) is 13.3. The van der Waals surface area contributed by atoms with Crippen LogP contribution in [0, 0.1) is 0 Å². The summed E-state index contributed by atoms with van der Waals surface area (Å²) in [7, 11) is 0. The van der Waals surface area contributed by atoms with Crippen molar-refractivity contribution >= 4 is 27.7 Å². The van der Waals surface area contributed by atoms with E-state index in [2.05, 4.69) is 4.98 Å². The SMILES string of the molecule is NC(=O)c1cccc2[nH]c3c(Cc4ccccc4C(F)(F)F)ccc(O)c3c12. The molecule has 142 valence electrons. The molecule has 28 heavy (non-hydrogen) atoms. The lowest BCUT2D eigenvalue weighted by atomic mass is 9.96. The lowest BCUT2D eigenvalue weighted by Gasteiger charge is -2.13. The van der Waals surface area contributed by atoms with Gasteiger partial charge in [-0.1, -0.05) is 30.3 Å². The van der Waals surface area contributed by atoms with Gasteiger partial charge in [-0.25, -0.2) is 0 Å². The molecule has 0 radical (unpaired) electrons. The summed E-state index contributed by atoms with van der Waals surface area (Å²) in [5, 5.41) is 11.2. The standard InChI is InChI=1S/C21H15F3N2O2/c22-21(23,24)14-6-2-1-4-11(14)10-12-8-9-16(27)18-17-13(20(25)28)5-3-7-15(17)26-19(12)18/h1-9,26-27H,10H2,(H2,25,28). The Morgan fingerprint density at radius 2 is 1.71 bits per heavy atom. The highest BCUT2D eigenvalue weighted by Crippen LogP contribution is 2.38. The second-order valence-corrected chi connectivity index (χ2v) is 6.54. The Morgan fingerprint density at radius 1 is 0.964 bits per heavy atom. The molecule has 4 rings (SSSR count). The normalized spacial score (nSPS) is 12.0. The van der Waals surface area contributed by atoms with Crippen molar-refractivity contribution in [2.75, 3.05) is 0 Å². The average Bonchev–Trinajstić information content (AvgIpc) is 3.04. The number of hydrogen-bond donors (Lipinski definition) is 3. The number of aromatic hydroxyl groups is 1. The van der Waals surface area contributed by atoms with E-state index in [1.807, 2.05) is 0 Å². The Labute approximate surface area is 157 Å². The molecule has 4 aromatic rings. The van der Waals surface area contributed by atoms with E-state index in [0.29, 0.717) is 27.4 Å². The number of halogens is 3. The predicted octanol–water partition coefficient (Wildman–Crippen LogP) is 4.74. The number of amides is 1. The van der Waals surface area contributed by atoms with Crippen molar-refractivity contribution < 1.29 is 23.1 Å². The first-order valence-corrected chi connectivity index (χ1v) is 8.47. The van der Waals surface area contributed by atoms with Gasteiger partial charge in [0.1, 0.15) is 5.75 Å². The third-order valence-corrected chi connectivity index (χ3v) is 4.81. The summed E-state index contributed by atoms with van der Waals surface area (Å²) < 4.78 is 40.0. The molecule has 0 unspecified atom stereocenters. The number of H-pyrrole nitrogens is 1. The Bertz CT molecular complexity index is 1230. The zero-order valence-corrected chi connectivity index (χ0v) is 14.5. The molecule has 1 amide bonds. The zero-order valence-electron chi connectivity index (χ0n) is 14.5. The predicted molar refractivity (Wildman–Crippen MR) is 100 cm³/mol. The van der Waals surface area contributed by atoms with Gasteiger partial charge in [-0.2, -0.15) is 13.2 Å². The number of benzene rings is 3. The summed E-state index contributed by atoms with van der Waals surface area (Å²) in [6.45, 7) is 0. The van der Waals surface area contributed by atoms with Crippen molar-refractivity contribution in [3.05, 3.63) is 76.9 Å². The van der Waals surface area contributed by atoms with Crippen molar-refractivity contribution in [2.24, 2.45) is 5.73 Å². The van der Waals surface area contributed by atoms with Crippen molar-refractivity contribution in [3.8, 4) is 5.75 Å². The van der Waals surface area contributed by atoms with E-state index in [0.717, 1.165) is 6.07 Å². The number of nitrogens with one attached hydrogen (secondary N) is 1. The maximum absolute atomic E-state index is 13.3. The topological polar surface area (TPSA) is 79.1 Å². The summed E-state index contributed by atoms with van der Waals surface area (Å²) >= 11 is 0. The third-order valence-electron chi connectivity index (χ3n) is 4.81. The van der Waals surface area contributed by atoms with Crippen LogP contribution < -0.4 is 5.73 Å². The number of alkyl halides is 3. The highest BCUT2D eigenvalue weighted by Gasteiger charge is 2.33. The van der Waals surface area contributed by atoms with Crippen LogP contribution in [-0.4, -0.2) is 16.0 Å². The van der Waals surface area contributed by atoms with Gasteiger partial charge in [-0.05, 0) is 35.4 Å². The van der Waals surface area contributed by atoms with Crippen molar-refractivity contribution in [3.63, 3.8) is 0 Å². The van der Waals surface area contributed by atoms with E-state index < -0.39 is 17.6 Å². The molecule has 0 atom stereocenters. The molecule has 0 aliphatic rings. The van der Waals surface area contributed by atoms with E-state index in [9.17, 15) is 23.1 Å². The molecule has 1 aromatic heterocycles. The maximum atomic E-state index is 13.3. The number of carbonyl (C=O) groups excluding carboxylic acids is 1. The van der Waals surface area contributed by atoms with Crippen LogP contribution in [0.1, 0.15) is 27.0 Å². The minimum absolute atomic E-state index is 0.00515. The molecule has 0 aliphatic carbocycles. The van der Waals surface area contributed by atoms with Crippen LogP contribution in [-0.2, 0) is 12.6 Å². The van der Waals surface area contributed by atoms with Crippen molar-refractivity contribution in [1.29, 1.82) is 0 Å². The molecule has 0 spiro atoms. The number of carbonyl (C=O) groups is 1. The molecule has 0 fully saturated rings. The second kappa shape index (κ2) is 6.30. The smallest absolute Gasteiger partial charge is 0.416 e. The van der Waals surface area contributed by atoms with Crippen LogP contribution in [0.5, 0.6) is 5.75 Å². The number of aromatic amines is 1. The van der Waals surface area contributed by atoms with Crippen LogP contribution in [0.15, 0.2) is 54.6 Å². The number of phenolic OH excluding ortho intramolecular Hbond substituents is 1. The van der Waals surface area contributed by atoms with E-state index >= 15 is 0 Å². The van der Waals surface area contributed by atoms with Gasteiger partial charge in [-0.3, -0.25) is 4.79 Å². The molecule has 0 saturated heterocycles. The molecular formula is C21H15F3N2O2. The highest BCUT2D eigenvalue weighted by atomic mass is 19.4. The van der Waals surface area contributed by atoms with Crippen molar-refractivity contribution in [1.82, 2.24) is 4.98 Å². The number of primary amides is 1. The molecule has 3 aromatic carbocycles. The van der Waals surface area contributed by atoms with Gasteiger partial charge in [0.2, 0.25) is 5.91 Å². The average molecular weight is 384 g/mol. The van der Waals surface area contributed by atoms with E-state index in [-0.39, 0.29) is 23.3 Å². The number of aromatic nitrogens is 1. The number of fused-ring (bicyclic) bond motifs is 3. The Kier molecular flexibility index (Phi) is 4.03. The van der Waals surface area contributed by atoms with Crippen LogP contribution in [0.3, 0.4) is 0 Å². The minimum Gasteiger partial charge on any atom is -0.507 e. The summed E-state index contributed by atoms with van der Waals surface area (Å²) in [6, 6.07) is 13.3. The first kappa shape index (κ1) is 17.9. The monoisotopic (exact) mass is 384 g/mol. The summed E-state index contributed by atoms with van der Waals surface area (Å²) in [6.07, 6.45) is -4.46. The maximum Gasteiger partial charge on any atom is 0.416 e. The van der Waals surface area contributed by atoms with E-state index in [4.69, 9.17) is 5.73 Å².